The summed E-state index contributed by atoms with van der Waals surface area (Å²) in [4.78, 5) is 39.1. The number of hydrogen-bond acceptors (Lipinski definition) is 4. The number of ether oxygens (including phenoxy) is 1. The second-order valence-corrected chi connectivity index (χ2v) is 6.65. The molecule has 0 fully saturated rings. The number of rotatable bonds is 4. The maximum Gasteiger partial charge on any atom is 0.340 e. The molecule has 0 atom stereocenters. The normalized spacial score (nSPS) is 12.8. The highest BCUT2D eigenvalue weighted by Gasteiger charge is 2.38. The standard InChI is InChI=1S/C22H14ClNO4/c23-15-11-9-14(10-12-15)13-28-22(27)18-7-3-4-8-19(18)24-20(25)16-5-1-2-6-17(16)21(24)26/h1-12H,13H2. The van der Waals surface area contributed by atoms with Crippen LogP contribution in [-0.2, 0) is 11.3 Å². The second-order valence-electron chi connectivity index (χ2n) is 6.21. The lowest BCUT2D eigenvalue weighted by atomic mass is 10.1. The third kappa shape index (κ3) is 3.17. The minimum atomic E-state index is -0.623. The Hall–Kier alpha value is -3.44. The van der Waals surface area contributed by atoms with Crippen molar-refractivity contribution in [1.82, 2.24) is 0 Å². The number of carbonyl (C=O) groups excluding carboxylic acids is 3. The van der Waals surface area contributed by atoms with Crippen molar-refractivity contribution in [2.24, 2.45) is 0 Å². The van der Waals surface area contributed by atoms with Crippen LogP contribution in [0.4, 0.5) is 5.69 Å². The van der Waals surface area contributed by atoms with E-state index in [2.05, 4.69) is 0 Å². The van der Waals surface area contributed by atoms with Gasteiger partial charge in [-0.15, -0.1) is 0 Å². The van der Waals surface area contributed by atoms with Crippen LogP contribution in [0.1, 0.15) is 36.6 Å². The van der Waals surface area contributed by atoms with E-state index in [1.54, 1.807) is 66.7 Å². The monoisotopic (exact) mass is 391 g/mol. The Balaban J connectivity index is 1.61. The maximum absolute atomic E-state index is 12.7. The van der Waals surface area contributed by atoms with Gasteiger partial charge < -0.3 is 4.74 Å². The minimum absolute atomic E-state index is 0.0481. The van der Waals surface area contributed by atoms with Gasteiger partial charge >= 0.3 is 5.97 Å². The van der Waals surface area contributed by atoms with Crippen LogP contribution in [0.3, 0.4) is 0 Å². The van der Waals surface area contributed by atoms with Crippen molar-refractivity contribution in [3.05, 3.63) is 100 Å². The molecular formula is C22H14ClNO4. The van der Waals surface area contributed by atoms with Gasteiger partial charge in [-0.05, 0) is 42.0 Å². The van der Waals surface area contributed by atoms with E-state index in [0.717, 1.165) is 10.5 Å². The highest BCUT2D eigenvalue weighted by Crippen LogP contribution is 2.31. The second kappa shape index (κ2) is 7.29. The third-order valence-corrected chi connectivity index (χ3v) is 4.69. The molecule has 0 saturated carbocycles. The highest BCUT2D eigenvalue weighted by molar-refractivity contribution is 6.35. The average molecular weight is 392 g/mol. The Morgan fingerprint density at radius 1 is 0.821 bits per heavy atom. The number of nitrogens with zero attached hydrogens (tertiary/aromatic N) is 1. The lowest BCUT2D eigenvalue weighted by Gasteiger charge is -2.17. The summed E-state index contributed by atoms with van der Waals surface area (Å²) in [7, 11) is 0. The molecule has 0 aliphatic carbocycles. The Bertz CT molecular complexity index is 1060. The number of para-hydroxylation sites is 1. The Morgan fingerprint density at radius 3 is 2.04 bits per heavy atom. The van der Waals surface area contributed by atoms with Crippen LogP contribution in [0.5, 0.6) is 0 Å². The van der Waals surface area contributed by atoms with Gasteiger partial charge in [-0.25, -0.2) is 9.69 Å². The summed E-state index contributed by atoms with van der Waals surface area (Å²) in [6.07, 6.45) is 0. The van der Waals surface area contributed by atoms with Gasteiger partial charge in [-0.3, -0.25) is 9.59 Å². The van der Waals surface area contributed by atoms with Gasteiger partial charge in [0.15, 0.2) is 0 Å². The topological polar surface area (TPSA) is 63.7 Å². The van der Waals surface area contributed by atoms with E-state index in [9.17, 15) is 14.4 Å². The zero-order valence-electron chi connectivity index (χ0n) is 14.6. The number of hydrogen-bond donors (Lipinski definition) is 0. The number of halogens is 1. The Kier molecular flexibility index (Phi) is 4.67. The first-order chi connectivity index (χ1) is 13.6. The first kappa shape index (κ1) is 17.9. The van der Waals surface area contributed by atoms with Gasteiger partial charge in [0.25, 0.3) is 11.8 Å². The third-order valence-electron chi connectivity index (χ3n) is 4.44. The Morgan fingerprint density at radius 2 is 1.39 bits per heavy atom. The van der Waals surface area contributed by atoms with E-state index in [0.29, 0.717) is 16.1 Å². The summed E-state index contributed by atoms with van der Waals surface area (Å²) in [6.45, 7) is 0.0481. The van der Waals surface area contributed by atoms with Crippen molar-refractivity contribution in [3.63, 3.8) is 0 Å². The molecule has 0 aromatic heterocycles. The molecule has 1 aliphatic rings. The van der Waals surface area contributed by atoms with Crippen LogP contribution < -0.4 is 4.90 Å². The zero-order valence-corrected chi connectivity index (χ0v) is 15.3. The van der Waals surface area contributed by atoms with Gasteiger partial charge in [-0.2, -0.15) is 0 Å². The molecule has 1 heterocycles. The highest BCUT2D eigenvalue weighted by atomic mass is 35.5. The first-order valence-electron chi connectivity index (χ1n) is 8.54. The zero-order chi connectivity index (χ0) is 19.7. The summed E-state index contributed by atoms with van der Waals surface area (Å²) in [5, 5.41) is 0.589. The Labute approximate surface area is 166 Å². The van der Waals surface area contributed by atoms with Crippen LogP contribution in [0.15, 0.2) is 72.8 Å². The van der Waals surface area contributed by atoms with E-state index in [-0.39, 0.29) is 17.9 Å². The number of amides is 2. The van der Waals surface area contributed by atoms with E-state index in [1.807, 2.05) is 0 Å². The van der Waals surface area contributed by atoms with E-state index in [1.165, 1.54) is 6.07 Å². The van der Waals surface area contributed by atoms with Crippen molar-refractivity contribution < 1.29 is 19.1 Å². The van der Waals surface area contributed by atoms with Crippen LogP contribution in [0.2, 0.25) is 5.02 Å². The number of imide groups is 1. The molecule has 6 heteroatoms. The fourth-order valence-electron chi connectivity index (χ4n) is 3.06. The van der Waals surface area contributed by atoms with Crippen molar-refractivity contribution >= 4 is 35.1 Å². The number of esters is 1. The molecule has 4 rings (SSSR count). The molecule has 5 nitrogen and oxygen atoms in total. The molecule has 0 unspecified atom stereocenters. The largest absolute Gasteiger partial charge is 0.457 e. The number of anilines is 1. The van der Waals surface area contributed by atoms with Crippen LogP contribution in [-0.4, -0.2) is 17.8 Å². The predicted molar refractivity (Wildman–Crippen MR) is 105 cm³/mol. The molecule has 28 heavy (non-hydrogen) atoms. The van der Waals surface area contributed by atoms with E-state index < -0.39 is 17.8 Å². The van der Waals surface area contributed by atoms with Crippen LogP contribution >= 0.6 is 11.6 Å². The molecule has 0 radical (unpaired) electrons. The average Bonchev–Trinajstić information content (AvgIpc) is 2.98. The van der Waals surface area contributed by atoms with Crippen molar-refractivity contribution in [2.45, 2.75) is 6.61 Å². The van der Waals surface area contributed by atoms with Crippen LogP contribution in [0, 0.1) is 0 Å². The van der Waals surface area contributed by atoms with Gasteiger partial charge in [0.05, 0.1) is 22.4 Å². The molecular weight excluding hydrogens is 378 g/mol. The fourth-order valence-corrected chi connectivity index (χ4v) is 3.18. The molecule has 1 aliphatic heterocycles. The molecule has 3 aromatic rings. The number of benzene rings is 3. The molecule has 0 N–H and O–H groups in total. The number of carbonyl (C=O) groups is 3. The van der Waals surface area contributed by atoms with Crippen LogP contribution in [0.25, 0.3) is 0 Å². The van der Waals surface area contributed by atoms with Gasteiger partial charge in [0.1, 0.15) is 6.61 Å². The minimum Gasteiger partial charge on any atom is -0.457 e. The number of fused-ring (bicyclic) bond motifs is 1. The lowest BCUT2D eigenvalue weighted by Crippen LogP contribution is -2.31. The molecule has 0 saturated heterocycles. The predicted octanol–water partition coefficient (Wildman–Crippen LogP) is 4.50. The fraction of sp³-hybridized carbons (Fsp3) is 0.0455. The summed E-state index contributed by atoms with van der Waals surface area (Å²) < 4.78 is 5.37. The SMILES string of the molecule is O=C(OCc1ccc(Cl)cc1)c1ccccc1N1C(=O)c2ccccc2C1=O. The lowest BCUT2D eigenvalue weighted by molar-refractivity contribution is 0.0474. The summed E-state index contributed by atoms with van der Waals surface area (Å²) in [6, 6.07) is 19.9. The molecule has 0 bridgehead atoms. The smallest absolute Gasteiger partial charge is 0.340 e. The molecule has 3 aromatic carbocycles. The molecule has 138 valence electrons. The van der Waals surface area contributed by atoms with E-state index in [4.69, 9.17) is 16.3 Å². The van der Waals surface area contributed by atoms with E-state index >= 15 is 0 Å². The molecule has 2 amide bonds. The summed E-state index contributed by atoms with van der Waals surface area (Å²) in [5.74, 6) is -1.54. The van der Waals surface area contributed by atoms with Gasteiger partial charge in [-0.1, -0.05) is 48.0 Å². The molecule has 0 spiro atoms. The van der Waals surface area contributed by atoms with Gasteiger partial charge in [0.2, 0.25) is 0 Å². The van der Waals surface area contributed by atoms with Crippen molar-refractivity contribution in [1.29, 1.82) is 0 Å². The van der Waals surface area contributed by atoms with Crippen molar-refractivity contribution in [3.8, 4) is 0 Å². The summed E-state index contributed by atoms with van der Waals surface area (Å²) in [5.41, 5.74) is 1.76. The van der Waals surface area contributed by atoms with Gasteiger partial charge in [0, 0.05) is 5.02 Å². The first-order valence-corrected chi connectivity index (χ1v) is 8.92. The quantitative estimate of drug-likeness (QED) is 0.485. The maximum atomic E-state index is 12.7. The summed E-state index contributed by atoms with van der Waals surface area (Å²) >= 11 is 5.85. The van der Waals surface area contributed by atoms with Crippen molar-refractivity contribution in [2.75, 3.05) is 4.90 Å².